The summed E-state index contributed by atoms with van der Waals surface area (Å²) in [7, 11) is 3.95. The Morgan fingerprint density at radius 1 is 1.15 bits per heavy atom. The van der Waals surface area contributed by atoms with Gasteiger partial charge in [0.2, 0.25) is 0 Å². The van der Waals surface area contributed by atoms with Crippen molar-refractivity contribution < 1.29 is 9.50 Å². The molecule has 0 aliphatic heterocycles. The highest BCUT2D eigenvalue weighted by Crippen LogP contribution is 2.23. The van der Waals surface area contributed by atoms with Crippen molar-refractivity contribution >= 4 is 21.6 Å². The van der Waals surface area contributed by atoms with Crippen LogP contribution in [0.4, 0.5) is 10.1 Å². The summed E-state index contributed by atoms with van der Waals surface area (Å²) in [5.74, 6) is -0.293. The van der Waals surface area contributed by atoms with Gasteiger partial charge in [-0.15, -0.1) is 0 Å². The lowest BCUT2D eigenvalue weighted by atomic mass is 10.0. The van der Waals surface area contributed by atoms with Crippen LogP contribution in [-0.2, 0) is 6.42 Å². The zero-order valence-corrected chi connectivity index (χ0v) is 13.1. The van der Waals surface area contributed by atoms with Gasteiger partial charge in [-0.3, -0.25) is 0 Å². The van der Waals surface area contributed by atoms with Gasteiger partial charge in [-0.05, 0) is 51.3 Å². The first kappa shape index (κ1) is 15.0. The summed E-state index contributed by atoms with van der Waals surface area (Å²) in [5.41, 5.74) is 2.84. The van der Waals surface area contributed by atoms with Crippen molar-refractivity contribution in [3.8, 4) is 0 Å². The lowest BCUT2D eigenvalue weighted by Gasteiger charge is -2.15. The maximum absolute atomic E-state index is 13.2. The Bertz CT molecular complexity index is 584. The van der Waals surface area contributed by atoms with E-state index in [1.807, 2.05) is 43.3 Å². The van der Waals surface area contributed by atoms with Crippen LogP contribution >= 0.6 is 15.9 Å². The maximum Gasteiger partial charge on any atom is 0.137 e. The summed E-state index contributed by atoms with van der Waals surface area (Å²) in [6.07, 6.45) is -0.135. The van der Waals surface area contributed by atoms with Crippen molar-refractivity contribution in [3.05, 3.63) is 63.9 Å². The van der Waals surface area contributed by atoms with E-state index in [9.17, 15) is 9.50 Å². The molecule has 0 aliphatic carbocycles. The van der Waals surface area contributed by atoms with E-state index in [1.165, 1.54) is 6.07 Å². The van der Waals surface area contributed by atoms with Crippen molar-refractivity contribution in [1.82, 2.24) is 0 Å². The Labute approximate surface area is 127 Å². The fourth-order valence-electron chi connectivity index (χ4n) is 2.00. The predicted molar refractivity (Wildman–Crippen MR) is 83.5 cm³/mol. The normalized spacial score (nSPS) is 12.2. The number of nitrogens with zero attached hydrogens (tertiary/aromatic N) is 1. The Hall–Kier alpha value is -1.39. The molecule has 2 aromatic carbocycles. The second kappa shape index (κ2) is 6.37. The molecule has 1 N–H and O–H groups in total. The second-order valence-corrected chi connectivity index (χ2v) is 5.81. The van der Waals surface area contributed by atoms with Gasteiger partial charge in [0.25, 0.3) is 0 Å². The number of halogens is 2. The molecular formula is C16H17BrFNO. The highest BCUT2D eigenvalue weighted by atomic mass is 79.9. The van der Waals surface area contributed by atoms with Crippen LogP contribution in [0.5, 0.6) is 0 Å². The van der Waals surface area contributed by atoms with Crippen molar-refractivity contribution in [3.63, 3.8) is 0 Å². The fourth-order valence-corrected chi connectivity index (χ4v) is 2.43. The topological polar surface area (TPSA) is 23.5 Å². The molecule has 2 rings (SSSR count). The average Bonchev–Trinajstić information content (AvgIpc) is 2.43. The quantitative estimate of drug-likeness (QED) is 0.913. The molecule has 0 amide bonds. The molecule has 1 atom stereocenters. The molecule has 0 aromatic heterocycles. The number of hydrogen-bond donors (Lipinski definition) is 1. The molecule has 1 unspecified atom stereocenters. The zero-order chi connectivity index (χ0) is 14.7. The minimum Gasteiger partial charge on any atom is -0.388 e. The molecule has 106 valence electrons. The summed E-state index contributed by atoms with van der Waals surface area (Å²) >= 11 is 3.16. The maximum atomic E-state index is 13.2. The lowest BCUT2D eigenvalue weighted by Crippen LogP contribution is -2.09. The number of aliphatic hydroxyl groups is 1. The molecule has 20 heavy (non-hydrogen) atoms. The van der Waals surface area contributed by atoms with Gasteiger partial charge in [-0.1, -0.05) is 18.2 Å². The summed E-state index contributed by atoms with van der Waals surface area (Å²) in [6.45, 7) is 0. The molecule has 0 fully saturated rings. The summed E-state index contributed by atoms with van der Waals surface area (Å²) in [4.78, 5) is 2.01. The number of benzene rings is 2. The van der Waals surface area contributed by atoms with E-state index >= 15 is 0 Å². The molecule has 0 saturated carbocycles. The summed E-state index contributed by atoms with van der Waals surface area (Å²) in [6, 6.07) is 12.6. The number of aliphatic hydroxyl groups excluding tert-OH is 1. The van der Waals surface area contributed by atoms with Crippen LogP contribution in [0.3, 0.4) is 0 Å². The molecule has 0 saturated heterocycles. The van der Waals surface area contributed by atoms with Crippen LogP contribution in [0.1, 0.15) is 17.2 Å². The SMILES string of the molecule is CN(C)c1ccc(C(O)Cc2ccc(F)c(Br)c2)cc1. The third kappa shape index (κ3) is 3.58. The molecule has 0 spiro atoms. The van der Waals surface area contributed by atoms with Gasteiger partial charge in [-0.25, -0.2) is 4.39 Å². The smallest absolute Gasteiger partial charge is 0.137 e. The Morgan fingerprint density at radius 3 is 2.35 bits per heavy atom. The van der Waals surface area contributed by atoms with Crippen LogP contribution in [-0.4, -0.2) is 19.2 Å². The van der Waals surface area contributed by atoms with Crippen LogP contribution in [0.2, 0.25) is 0 Å². The summed E-state index contributed by atoms with van der Waals surface area (Å²) < 4.78 is 13.6. The van der Waals surface area contributed by atoms with Gasteiger partial charge >= 0.3 is 0 Å². The lowest BCUT2D eigenvalue weighted by molar-refractivity contribution is 0.178. The van der Waals surface area contributed by atoms with Crippen LogP contribution in [0.15, 0.2) is 46.9 Å². The third-order valence-electron chi connectivity index (χ3n) is 3.21. The molecule has 0 heterocycles. The van der Waals surface area contributed by atoms with Gasteiger partial charge < -0.3 is 10.0 Å². The molecule has 4 heteroatoms. The number of rotatable bonds is 4. The first-order valence-electron chi connectivity index (χ1n) is 6.36. The number of hydrogen-bond acceptors (Lipinski definition) is 2. The zero-order valence-electron chi connectivity index (χ0n) is 11.5. The van der Waals surface area contributed by atoms with E-state index in [0.29, 0.717) is 10.9 Å². The Balaban J connectivity index is 2.10. The van der Waals surface area contributed by atoms with E-state index in [0.717, 1.165) is 16.8 Å². The molecular weight excluding hydrogens is 321 g/mol. The van der Waals surface area contributed by atoms with Gasteiger partial charge in [0.15, 0.2) is 0 Å². The average molecular weight is 338 g/mol. The van der Waals surface area contributed by atoms with Gasteiger partial charge in [0.1, 0.15) is 5.82 Å². The second-order valence-electron chi connectivity index (χ2n) is 4.95. The van der Waals surface area contributed by atoms with Crippen molar-refractivity contribution in [2.45, 2.75) is 12.5 Å². The molecule has 2 nitrogen and oxygen atoms in total. The highest BCUT2D eigenvalue weighted by molar-refractivity contribution is 9.10. The minimum absolute atomic E-state index is 0.293. The van der Waals surface area contributed by atoms with Crippen molar-refractivity contribution in [2.24, 2.45) is 0 Å². The minimum atomic E-state index is -0.594. The molecule has 0 radical (unpaired) electrons. The van der Waals surface area contributed by atoms with E-state index in [1.54, 1.807) is 12.1 Å². The van der Waals surface area contributed by atoms with E-state index in [4.69, 9.17) is 0 Å². The van der Waals surface area contributed by atoms with Crippen molar-refractivity contribution in [2.75, 3.05) is 19.0 Å². The predicted octanol–water partition coefficient (Wildman–Crippen LogP) is 3.93. The monoisotopic (exact) mass is 337 g/mol. The van der Waals surface area contributed by atoms with Gasteiger partial charge in [0.05, 0.1) is 10.6 Å². The standard InChI is InChI=1S/C16H17BrFNO/c1-19(2)13-6-4-12(5-7-13)16(20)10-11-3-8-15(18)14(17)9-11/h3-9,16,20H,10H2,1-2H3. The Morgan fingerprint density at radius 2 is 1.80 bits per heavy atom. The highest BCUT2D eigenvalue weighted by Gasteiger charge is 2.10. The van der Waals surface area contributed by atoms with Crippen LogP contribution < -0.4 is 4.90 Å². The molecule has 0 aliphatic rings. The van der Waals surface area contributed by atoms with Crippen LogP contribution in [0.25, 0.3) is 0 Å². The number of anilines is 1. The van der Waals surface area contributed by atoms with Crippen molar-refractivity contribution in [1.29, 1.82) is 0 Å². The van der Waals surface area contributed by atoms with Gasteiger partial charge in [0, 0.05) is 26.2 Å². The molecule has 2 aromatic rings. The Kier molecular flexibility index (Phi) is 4.78. The first-order valence-corrected chi connectivity index (χ1v) is 7.16. The first-order chi connectivity index (χ1) is 9.47. The van der Waals surface area contributed by atoms with E-state index in [2.05, 4.69) is 15.9 Å². The van der Waals surface area contributed by atoms with Crippen LogP contribution in [0, 0.1) is 5.82 Å². The molecule has 0 bridgehead atoms. The fraction of sp³-hybridized carbons (Fsp3) is 0.250. The van der Waals surface area contributed by atoms with E-state index < -0.39 is 6.10 Å². The van der Waals surface area contributed by atoms with E-state index in [-0.39, 0.29) is 5.82 Å². The largest absolute Gasteiger partial charge is 0.388 e. The van der Waals surface area contributed by atoms with Gasteiger partial charge in [-0.2, -0.15) is 0 Å². The third-order valence-corrected chi connectivity index (χ3v) is 3.82. The summed E-state index contributed by atoms with van der Waals surface area (Å²) in [5, 5.41) is 10.2.